The van der Waals surface area contributed by atoms with Crippen molar-refractivity contribution in [3.05, 3.63) is 70.6 Å². The molecular weight excluding hydrogens is 387 g/mol. The molecule has 8 heteroatoms. The van der Waals surface area contributed by atoms with Crippen molar-refractivity contribution in [2.24, 2.45) is 0 Å². The van der Waals surface area contributed by atoms with Crippen LogP contribution in [0.25, 0.3) is 0 Å². The monoisotopic (exact) mass is 409 g/mol. The molecule has 1 heterocycles. The fourth-order valence-electron chi connectivity index (χ4n) is 3.18. The van der Waals surface area contributed by atoms with Gasteiger partial charge in [0.1, 0.15) is 6.61 Å². The van der Waals surface area contributed by atoms with Gasteiger partial charge in [-0.25, -0.2) is 9.59 Å². The molecule has 0 bridgehead atoms. The molecule has 1 atom stereocenters. The lowest BCUT2D eigenvalue weighted by Gasteiger charge is -2.30. The van der Waals surface area contributed by atoms with E-state index >= 15 is 0 Å². The van der Waals surface area contributed by atoms with Crippen LogP contribution in [-0.2, 0) is 25.2 Å². The molecule has 0 aromatic heterocycles. The SMILES string of the molecule is C=CCOC(=O)C1=C(C)NC(C)=C(C(=O)OCC)C1c1cccc(C(F)(F)F)c1. The Labute approximate surface area is 166 Å². The predicted octanol–water partition coefficient (Wildman–Crippen LogP) is 4.23. The molecule has 1 N–H and O–H groups in total. The van der Waals surface area contributed by atoms with Crippen molar-refractivity contribution in [3.8, 4) is 0 Å². The van der Waals surface area contributed by atoms with Crippen LogP contribution < -0.4 is 5.32 Å². The highest BCUT2D eigenvalue weighted by Crippen LogP contribution is 2.41. The van der Waals surface area contributed by atoms with Crippen LogP contribution in [0.3, 0.4) is 0 Å². The summed E-state index contributed by atoms with van der Waals surface area (Å²) >= 11 is 0. The second-order valence-corrected chi connectivity index (χ2v) is 6.37. The molecule has 0 radical (unpaired) electrons. The number of esters is 2. The number of alkyl halides is 3. The first-order chi connectivity index (χ1) is 13.6. The van der Waals surface area contributed by atoms with Crippen LogP contribution in [-0.4, -0.2) is 25.2 Å². The normalized spacial score (nSPS) is 17.0. The number of ether oxygens (including phenoxy) is 2. The van der Waals surface area contributed by atoms with E-state index < -0.39 is 29.6 Å². The van der Waals surface area contributed by atoms with Crippen LogP contribution in [0.2, 0.25) is 0 Å². The Morgan fingerprint density at radius 3 is 2.24 bits per heavy atom. The number of halogens is 3. The van der Waals surface area contributed by atoms with Gasteiger partial charge in [0.15, 0.2) is 0 Å². The van der Waals surface area contributed by atoms with Gasteiger partial charge in [-0.15, -0.1) is 0 Å². The lowest BCUT2D eigenvalue weighted by molar-refractivity contribution is -0.139. The third-order valence-corrected chi connectivity index (χ3v) is 4.36. The minimum Gasteiger partial charge on any atom is -0.463 e. The van der Waals surface area contributed by atoms with E-state index in [2.05, 4.69) is 11.9 Å². The number of hydrogen-bond donors (Lipinski definition) is 1. The number of dihydropyridines is 1. The molecule has 0 saturated carbocycles. The van der Waals surface area contributed by atoms with Crippen molar-refractivity contribution in [3.63, 3.8) is 0 Å². The molecular formula is C21H22F3NO4. The molecule has 5 nitrogen and oxygen atoms in total. The predicted molar refractivity (Wildman–Crippen MR) is 101 cm³/mol. The van der Waals surface area contributed by atoms with Gasteiger partial charge in [0.05, 0.1) is 29.2 Å². The average Bonchev–Trinajstić information content (AvgIpc) is 2.65. The van der Waals surface area contributed by atoms with Gasteiger partial charge < -0.3 is 14.8 Å². The van der Waals surface area contributed by atoms with Crippen LogP contribution in [0.1, 0.15) is 37.8 Å². The Morgan fingerprint density at radius 2 is 1.72 bits per heavy atom. The van der Waals surface area contributed by atoms with Gasteiger partial charge in [0.2, 0.25) is 0 Å². The number of benzene rings is 1. The van der Waals surface area contributed by atoms with Crippen LogP contribution in [0.5, 0.6) is 0 Å². The molecule has 156 valence electrons. The summed E-state index contributed by atoms with van der Waals surface area (Å²) in [5, 5.41) is 2.93. The van der Waals surface area contributed by atoms with Gasteiger partial charge in [-0.05, 0) is 32.4 Å². The van der Waals surface area contributed by atoms with E-state index in [1.165, 1.54) is 18.2 Å². The third-order valence-electron chi connectivity index (χ3n) is 4.36. The minimum atomic E-state index is -4.58. The van der Waals surface area contributed by atoms with E-state index in [1.54, 1.807) is 20.8 Å². The maximum atomic E-state index is 13.3. The van der Waals surface area contributed by atoms with Crippen LogP contribution in [0.15, 0.2) is 59.5 Å². The minimum absolute atomic E-state index is 0.0415. The second kappa shape index (κ2) is 8.98. The zero-order chi connectivity index (χ0) is 21.8. The zero-order valence-electron chi connectivity index (χ0n) is 16.4. The smallest absolute Gasteiger partial charge is 0.416 e. The molecule has 2 rings (SSSR count). The highest BCUT2D eigenvalue weighted by Gasteiger charge is 2.39. The number of hydrogen-bond acceptors (Lipinski definition) is 5. The molecule has 0 spiro atoms. The quantitative estimate of drug-likeness (QED) is 0.563. The van der Waals surface area contributed by atoms with Crippen LogP contribution in [0, 0.1) is 0 Å². The summed E-state index contributed by atoms with van der Waals surface area (Å²) in [6.07, 6.45) is -3.20. The van der Waals surface area contributed by atoms with Crippen molar-refractivity contribution >= 4 is 11.9 Å². The summed E-state index contributed by atoms with van der Waals surface area (Å²) in [4.78, 5) is 25.3. The van der Waals surface area contributed by atoms with E-state index in [1.807, 2.05) is 0 Å². The summed E-state index contributed by atoms with van der Waals surface area (Å²) in [6.45, 7) is 8.28. The summed E-state index contributed by atoms with van der Waals surface area (Å²) in [7, 11) is 0. The molecule has 1 aliphatic heterocycles. The first kappa shape index (κ1) is 22.3. The molecule has 1 aromatic carbocycles. The van der Waals surface area contributed by atoms with Gasteiger partial charge in [0, 0.05) is 11.4 Å². The Kier molecular flexibility index (Phi) is 6.89. The Hall–Kier alpha value is -3.03. The van der Waals surface area contributed by atoms with Crippen LogP contribution in [0.4, 0.5) is 13.2 Å². The van der Waals surface area contributed by atoms with E-state index in [0.29, 0.717) is 11.4 Å². The molecule has 29 heavy (non-hydrogen) atoms. The maximum Gasteiger partial charge on any atom is 0.416 e. The molecule has 1 unspecified atom stereocenters. The van der Waals surface area contributed by atoms with Crippen molar-refractivity contribution in [1.29, 1.82) is 0 Å². The summed E-state index contributed by atoms with van der Waals surface area (Å²) < 4.78 is 50.0. The first-order valence-electron chi connectivity index (χ1n) is 8.92. The van der Waals surface area contributed by atoms with Crippen molar-refractivity contribution in [1.82, 2.24) is 5.32 Å². The summed E-state index contributed by atoms with van der Waals surface area (Å²) in [5.41, 5.74) is 0.122. The van der Waals surface area contributed by atoms with Crippen molar-refractivity contribution in [2.45, 2.75) is 32.9 Å². The molecule has 1 aromatic rings. The fourth-order valence-corrected chi connectivity index (χ4v) is 3.18. The standard InChI is InChI=1S/C21H22F3NO4/c1-5-10-29-20(27)17-13(4)25-12(3)16(19(26)28-6-2)18(17)14-8-7-9-15(11-14)21(22,23)24/h5,7-9,11,18,25H,1,6,10H2,2-4H3. The first-order valence-corrected chi connectivity index (χ1v) is 8.92. The fraction of sp³-hybridized carbons (Fsp3) is 0.333. The highest BCUT2D eigenvalue weighted by molar-refractivity contribution is 5.99. The van der Waals surface area contributed by atoms with E-state index in [9.17, 15) is 22.8 Å². The average molecular weight is 409 g/mol. The Balaban J connectivity index is 2.68. The van der Waals surface area contributed by atoms with Gasteiger partial charge in [-0.1, -0.05) is 30.9 Å². The molecule has 0 aliphatic carbocycles. The van der Waals surface area contributed by atoms with Gasteiger partial charge >= 0.3 is 18.1 Å². The van der Waals surface area contributed by atoms with E-state index in [-0.39, 0.29) is 29.9 Å². The Bertz CT molecular complexity index is 884. The number of rotatable bonds is 6. The molecule has 1 aliphatic rings. The van der Waals surface area contributed by atoms with E-state index in [4.69, 9.17) is 9.47 Å². The molecule has 0 saturated heterocycles. The highest BCUT2D eigenvalue weighted by atomic mass is 19.4. The number of carbonyl (C=O) groups is 2. The molecule has 0 amide bonds. The van der Waals surface area contributed by atoms with Gasteiger partial charge in [0.25, 0.3) is 0 Å². The summed E-state index contributed by atoms with van der Waals surface area (Å²) in [5.74, 6) is -2.55. The summed E-state index contributed by atoms with van der Waals surface area (Å²) in [6, 6.07) is 4.53. The maximum absolute atomic E-state index is 13.3. The number of nitrogens with one attached hydrogen (secondary N) is 1. The third kappa shape index (κ3) is 4.88. The largest absolute Gasteiger partial charge is 0.463 e. The van der Waals surface area contributed by atoms with Crippen LogP contribution >= 0.6 is 0 Å². The van der Waals surface area contributed by atoms with Crippen molar-refractivity contribution in [2.75, 3.05) is 13.2 Å². The molecule has 0 fully saturated rings. The zero-order valence-corrected chi connectivity index (χ0v) is 16.4. The lowest BCUT2D eigenvalue weighted by atomic mass is 9.80. The van der Waals surface area contributed by atoms with Gasteiger partial charge in [-0.2, -0.15) is 13.2 Å². The van der Waals surface area contributed by atoms with Gasteiger partial charge in [-0.3, -0.25) is 0 Å². The Morgan fingerprint density at radius 1 is 1.14 bits per heavy atom. The lowest BCUT2D eigenvalue weighted by Crippen LogP contribution is -2.32. The second-order valence-electron chi connectivity index (χ2n) is 6.37. The topological polar surface area (TPSA) is 64.6 Å². The number of carbonyl (C=O) groups excluding carboxylic acids is 2. The number of allylic oxidation sites excluding steroid dienone is 2. The van der Waals surface area contributed by atoms with E-state index in [0.717, 1.165) is 12.1 Å². The van der Waals surface area contributed by atoms with Crippen molar-refractivity contribution < 1.29 is 32.2 Å².